The van der Waals surface area contributed by atoms with Crippen molar-refractivity contribution in [3.8, 4) is 6.01 Å². The number of carbonyl (C=O) groups is 1. The van der Waals surface area contributed by atoms with E-state index in [2.05, 4.69) is 9.88 Å². The summed E-state index contributed by atoms with van der Waals surface area (Å²) in [6.07, 6.45) is 0. The normalized spacial score (nSPS) is 16.2. The smallest absolute Gasteiger partial charge is 0.299 e. The highest BCUT2D eigenvalue weighted by Crippen LogP contribution is 2.06. The van der Waals surface area contributed by atoms with E-state index < -0.39 is 0 Å². The van der Waals surface area contributed by atoms with Gasteiger partial charge in [-0.3, -0.25) is 14.2 Å². The summed E-state index contributed by atoms with van der Waals surface area (Å²) in [6, 6.07) is 1.58. The Hall–Kier alpha value is -1.89. The third kappa shape index (κ3) is 3.16. The predicted molar refractivity (Wildman–Crippen MR) is 73.9 cm³/mol. The lowest BCUT2D eigenvalue weighted by molar-refractivity contribution is -0.133. The molecule has 1 amide bonds. The van der Waals surface area contributed by atoms with Crippen molar-refractivity contribution in [2.45, 2.75) is 13.5 Å². The van der Waals surface area contributed by atoms with Gasteiger partial charge >= 0.3 is 0 Å². The highest BCUT2D eigenvalue weighted by molar-refractivity contribution is 5.76. The van der Waals surface area contributed by atoms with Crippen molar-refractivity contribution in [2.24, 2.45) is 0 Å². The molecular weight excluding hydrogens is 260 g/mol. The van der Waals surface area contributed by atoms with Gasteiger partial charge in [-0.2, -0.15) is 0 Å². The Balaban J connectivity index is 2.14. The molecule has 2 heterocycles. The molecule has 1 aliphatic heterocycles. The summed E-state index contributed by atoms with van der Waals surface area (Å²) in [5.41, 5.74) is 0.312. The second kappa shape index (κ2) is 6.04. The minimum atomic E-state index is -0.267. The van der Waals surface area contributed by atoms with Crippen molar-refractivity contribution >= 4 is 5.91 Å². The van der Waals surface area contributed by atoms with E-state index in [-0.39, 0.29) is 24.0 Å². The summed E-state index contributed by atoms with van der Waals surface area (Å²) in [5, 5.41) is 0. The van der Waals surface area contributed by atoms with Gasteiger partial charge in [-0.25, -0.2) is 4.98 Å². The fourth-order valence-corrected chi connectivity index (χ4v) is 2.19. The maximum absolute atomic E-state index is 12.2. The van der Waals surface area contributed by atoms with E-state index in [1.54, 1.807) is 11.8 Å². The molecule has 0 bridgehead atoms. The third-order valence-electron chi connectivity index (χ3n) is 3.43. The molecule has 1 fully saturated rings. The molecule has 0 spiro atoms. The highest BCUT2D eigenvalue weighted by Gasteiger charge is 2.21. The van der Waals surface area contributed by atoms with Crippen LogP contribution in [0.1, 0.15) is 5.69 Å². The van der Waals surface area contributed by atoms with E-state index in [1.807, 2.05) is 7.05 Å². The molecule has 0 atom stereocenters. The number of carbonyl (C=O) groups excluding carboxylic acids is 1. The van der Waals surface area contributed by atoms with Crippen LogP contribution in [0.2, 0.25) is 0 Å². The Morgan fingerprint density at radius 2 is 2.00 bits per heavy atom. The number of aromatic nitrogens is 2. The van der Waals surface area contributed by atoms with E-state index in [1.165, 1.54) is 17.7 Å². The van der Waals surface area contributed by atoms with Crippen molar-refractivity contribution in [3.05, 3.63) is 22.1 Å². The van der Waals surface area contributed by atoms with Crippen molar-refractivity contribution in [3.63, 3.8) is 0 Å². The largest absolute Gasteiger partial charge is 0.468 e. The van der Waals surface area contributed by atoms with Crippen LogP contribution in [0.15, 0.2) is 10.9 Å². The highest BCUT2D eigenvalue weighted by atomic mass is 16.5. The molecular formula is C13H20N4O3. The second-order valence-corrected chi connectivity index (χ2v) is 4.99. The van der Waals surface area contributed by atoms with Gasteiger partial charge in [0.05, 0.1) is 7.11 Å². The van der Waals surface area contributed by atoms with Crippen LogP contribution in [0.25, 0.3) is 0 Å². The second-order valence-electron chi connectivity index (χ2n) is 4.99. The first-order chi connectivity index (χ1) is 9.51. The van der Waals surface area contributed by atoms with Crippen molar-refractivity contribution < 1.29 is 9.53 Å². The summed E-state index contributed by atoms with van der Waals surface area (Å²) in [4.78, 5) is 32.3. The lowest BCUT2D eigenvalue weighted by Crippen LogP contribution is -2.48. The Morgan fingerprint density at radius 3 is 2.60 bits per heavy atom. The van der Waals surface area contributed by atoms with Crippen LogP contribution in [0.5, 0.6) is 6.01 Å². The van der Waals surface area contributed by atoms with Crippen LogP contribution in [0, 0.1) is 6.92 Å². The number of methoxy groups -OCH3 is 1. The average molecular weight is 280 g/mol. The van der Waals surface area contributed by atoms with E-state index in [9.17, 15) is 9.59 Å². The zero-order chi connectivity index (χ0) is 14.7. The van der Waals surface area contributed by atoms with Gasteiger partial charge < -0.3 is 14.5 Å². The fourth-order valence-electron chi connectivity index (χ4n) is 2.19. The van der Waals surface area contributed by atoms with Gasteiger partial charge in [0.15, 0.2) is 0 Å². The summed E-state index contributed by atoms with van der Waals surface area (Å²) in [5.74, 6) is -0.0795. The number of hydrogen-bond acceptors (Lipinski definition) is 5. The molecule has 0 unspecified atom stereocenters. The fraction of sp³-hybridized carbons (Fsp3) is 0.615. The number of piperazine rings is 1. The van der Waals surface area contributed by atoms with Gasteiger partial charge in [-0.05, 0) is 14.0 Å². The van der Waals surface area contributed by atoms with Crippen LogP contribution < -0.4 is 10.3 Å². The van der Waals surface area contributed by atoms with Crippen LogP contribution in [-0.2, 0) is 11.3 Å². The molecule has 7 heteroatoms. The number of rotatable bonds is 3. The Kier molecular flexibility index (Phi) is 4.39. The van der Waals surface area contributed by atoms with E-state index in [0.717, 1.165) is 13.1 Å². The van der Waals surface area contributed by atoms with E-state index in [0.29, 0.717) is 18.8 Å². The van der Waals surface area contributed by atoms with E-state index in [4.69, 9.17) is 4.74 Å². The maximum Gasteiger partial charge on any atom is 0.299 e. The standard InChI is InChI=1S/C13H20N4O3/c1-10-8-11(18)17(13(14-10)20-3)9-12(19)16-6-4-15(2)5-7-16/h8H,4-7,9H2,1-3H3. The average Bonchev–Trinajstić information content (AvgIpc) is 2.42. The minimum absolute atomic E-state index is 0.0288. The minimum Gasteiger partial charge on any atom is -0.468 e. The number of aryl methyl sites for hydroxylation is 1. The maximum atomic E-state index is 12.2. The first kappa shape index (κ1) is 14.5. The van der Waals surface area contributed by atoms with Crippen LogP contribution in [0.4, 0.5) is 0 Å². The molecule has 0 saturated carbocycles. The zero-order valence-electron chi connectivity index (χ0n) is 12.1. The first-order valence-electron chi connectivity index (χ1n) is 6.60. The van der Waals surface area contributed by atoms with Crippen molar-refractivity contribution in [1.82, 2.24) is 19.4 Å². The van der Waals surface area contributed by atoms with Gasteiger partial charge in [-0.1, -0.05) is 0 Å². The Labute approximate surface area is 117 Å². The summed E-state index contributed by atoms with van der Waals surface area (Å²) in [6.45, 7) is 4.76. The molecule has 110 valence electrons. The molecule has 7 nitrogen and oxygen atoms in total. The van der Waals surface area contributed by atoms with Gasteiger partial charge in [0, 0.05) is 37.9 Å². The third-order valence-corrected chi connectivity index (χ3v) is 3.43. The SMILES string of the molecule is COc1nc(C)cc(=O)n1CC(=O)N1CCN(C)CC1. The molecule has 0 aliphatic carbocycles. The quantitative estimate of drug-likeness (QED) is 0.735. The number of hydrogen-bond donors (Lipinski definition) is 0. The molecule has 0 radical (unpaired) electrons. The van der Waals surface area contributed by atoms with Crippen LogP contribution >= 0.6 is 0 Å². The monoisotopic (exact) mass is 280 g/mol. The molecule has 1 aliphatic rings. The van der Waals surface area contributed by atoms with Crippen molar-refractivity contribution in [1.29, 1.82) is 0 Å². The molecule has 1 saturated heterocycles. The van der Waals surface area contributed by atoms with E-state index >= 15 is 0 Å². The molecule has 1 aromatic heterocycles. The lowest BCUT2D eigenvalue weighted by atomic mass is 10.3. The predicted octanol–water partition coefficient (Wildman–Crippen LogP) is -0.666. The summed E-state index contributed by atoms with van der Waals surface area (Å²) < 4.78 is 6.36. The first-order valence-corrected chi connectivity index (χ1v) is 6.60. The molecule has 1 aromatic rings. The lowest BCUT2D eigenvalue weighted by Gasteiger charge is -2.32. The topological polar surface area (TPSA) is 67.7 Å². The molecule has 0 aromatic carbocycles. The number of nitrogens with zero attached hydrogens (tertiary/aromatic N) is 4. The summed E-state index contributed by atoms with van der Waals surface area (Å²) >= 11 is 0. The Morgan fingerprint density at radius 1 is 1.35 bits per heavy atom. The number of amides is 1. The molecule has 0 N–H and O–H groups in total. The summed E-state index contributed by atoms with van der Waals surface area (Å²) in [7, 11) is 3.47. The van der Waals surface area contributed by atoms with Crippen LogP contribution in [0.3, 0.4) is 0 Å². The van der Waals surface area contributed by atoms with Gasteiger partial charge in [0.2, 0.25) is 5.91 Å². The van der Waals surface area contributed by atoms with Gasteiger partial charge in [0.1, 0.15) is 6.54 Å². The van der Waals surface area contributed by atoms with Gasteiger partial charge in [0.25, 0.3) is 11.6 Å². The number of likely N-dealkylation sites (N-methyl/N-ethyl adjacent to an activating group) is 1. The van der Waals surface area contributed by atoms with Crippen LogP contribution in [-0.4, -0.2) is 65.6 Å². The number of ether oxygens (including phenoxy) is 1. The molecule has 2 rings (SSSR count). The van der Waals surface area contributed by atoms with Gasteiger partial charge in [-0.15, -0.1) is 0 Å². The van der Waals surface area contributed by atoms with Crippen molar-refractivity contribution in [2.75, 3.05) is 40.3 Å². The molecule has 20 heavy (non-hydrogen) atoms. The Bertz CT molecular complexity index is 547. The zero-order valence-corrected chi connectivity index (χ0v) is 12.1.